The summed E-state index contributed by atoms with van der Waals surface area (Å²) in [4.78, 5) is 11.3. The largest absolute Gasteiger partial charge is 0.496 e. The van der Waals surface area contributed by atoms with Gasteiger partial charge in [0.05, 0.1) is 18.6 Å². The summed E-state index contributed by atoms with van der Waals surface area (Å²) >= 11 is 0. The van der Waals surface area contributed by atoms with Crippen molar-refractivity contribution in [1.29, 1.82) is 0 Å². The van der Waals surface area contributed by atoms with Gasteiger partial charge in [0.2, 0.25) is 0 Å². The first-order valence-electron chi connectivity index (χ1n) is 5.99. The van der Waals surface area contributed by atoms with E-state index in [1.807, 2.05) is 26.0 Å². The molecule has 1 fully saturated rings. The van der Waals surface area contributed by atoms with E-state index in [4.69, 9.17) is 4.74 Å². The van der Waals surface area contributed by atoms with Gasteiger partial charge in [-0.1, -0.05) is 6.07 Å². The highest BCUT2D eigenvalue weighted by Gasteiger charge is 2.57. The number of aliphatic carboxylic acids is 1. The molecule has 1 aromatic carbocycles. The van der Waals surface area contributed by atoms with E-state index < -0.39 is 17.5 Å². The Balaban J connectivity index is 2.48. The van der Waals surface area contributed by atoms with Crippen LogP contribution in [0.25, 0.3) is 0 Å². The molecule has 2 rings (SSSR count). The number of aliphatic hydroxyl groups is 1. The van der Waals surface area contributed by atoms with Crippen LogP contribution in [0.1, 0.15) is 35.6 Å². The molecule has 0 radical (unpaired) electrons. The van der Waals surface area contributed by atoms with Gasteiger partial charge in [-0.25, -0.2) is 0 Å². The van der Waals surface area contributed by atoms with E-state index in [2.05, 4.69) is 0 Å². The van der Waals surface area contributed by atoms with Gasteiger partial charge in [0.25, 0.3) is 0 Å². The molecule has 98 valence electrons. The minimum absolute atomic E-state index is 0.514. The Labute approximate surface area is 106 Å². The topological polar surface area (TPSA) is 66.8 Å². The highest BCUT2D eigenvalue weighted by atomic mass is 16.5. The third-order valence-electron chi connectivity index (χ3n) is 3.72. The molecule has 18 heavy (non-hydrogen) atoms. The number of rotatable bonds is 4. The molecule has 0 aromatic heterocycles. The molecular weight excluding hydrogens is 232 g/mol. The maximum Gasteiger partial charge on any atom is 0.312 e. The lowest BCUT2D eigenvalue weighted by atomic mass is 9.89. The monoisotopic (exact) mass is 250 g/mol. The van der Waals surface area contributed by atoms with Crippen molar-refractivity contribution in [3.8, 4) is 5.75 Å². The number of carbonyl (C=O) groups is 1. The number of hydrogen-bond acceptors (Lipinski definition) is 3. The number of hydrogen-bond donors (Lipinski definition) is 2. The van der Waals surface area contributed by atoms with Gasteiger partial charge in [0, 0.05) is 5.56 Å². The summed E-state index contributed by atoms with van der Waals surface area (Å²) in [6.07, 6.45) is 0.0190. The predicted octanol–water partition coefficient (Wildman–Crippen LogP) is 2.21. The molecule has 0 heterocycles. The van der Waals surface area contributed by atoms with Crippen LogP contribution in [0.2, 0.25) is 0 Å². The summed E-state index contributed by atoms with van der Waals surface area (Å²) in [5, 5.41) is 19.6. The van der Waals surface area contributed by atoms with Crippen LogP contribution >= 0.6 is 0 Å². The van der Waals surface area contributed by atoms with E-state index in [1.54, 1.807) is 0 Å². The molecule has 2 N–H and O–H groups in total. The summed E-state index contributed by atoms with van der Waals surface area (Å²) in [5.41, 5.74) is 1.48. The molecular formula is C14H18O4. The fraction of sp³-hybridized carbons (Fsp3) is 0.500. The van der Waals surface area contributed by atoms with E-state index >= 15 is 0 Å². The maximum atomic E-state index is 11.3. The number of aryl methyl sites for hydroxylation is 2. The SMILES string of the molecule is COc1cc(C)cc(C)c1C(O)C1(C(=O)O)CC1. The van der Waals surface area contributed by atoms with Gasteiger partial charge in [-0.15, -0.1) is 0 Å². The number of carboxylic acid groups (broad SMARTS) is 1. The minimum atomic E-state index is -1.02. The molecule has 1 aromatic rings. The Hall–Kier alpha value is -1.55. The first kappa shape index (κ1) is 12.9. The Morgan fingerprint density at radius 2 is 2.00 bits per heavy atom. The standard InChI is InChI=1S/C14H18O4/c1-8-6-9(2)11(10(7-8)18-3)12(15)14(4-5-14)13(16)17/h6-7,12,15H,4-5H2,1-3H3,(H,16,17). The van der Waals surface area contributed by atoms with Crippen LogP contribution in [-0.4, -0.2) is 23.3 Å². The summed E-state index contributed by atoms with van der Waals surface area (Å²) in [6, 6.07) is 3.75. The lowest BCUT2D eigenvalue weighted by Crippen LogP contribution is -2.24. The van der Waals surface area contributed by atoms with E-state index in [9.17, 15) is 15.0 Å². The molecule has 0 amide bonds. The van der Waals surface area contributed by atoms with Crippen LogP contribution in [0.4, 0.5) is 0 Å². The van der Waals surface area contributed by atoms with Crippen molar-refractivity contribution >= 4 is 5.97 Å². The van der Waals surface area contributed by atoms with Gasteiger partial charge in [-0.3, -0.25) is 4.79 Å². The van der Waals surface area contributed by atoms with Crippen molar-refractivity contribution in [3.63, 3.8) is 0 Å². The number of carboxylic acids is 1. The highest BCUT2D eigenvalue weighted by molar-refractivity contribution is 5.79. The van der Waals surface area contributed by atoms with Crippen molar-refractivity contribution in [1.82, 2.24) is 0 Å². The molecule has 1 saturated carbocycles. The van der Waals surface area contributed by atoms with Crippen molar-refractivity contribution in [2.24, 2.45) is 5.41 Å². The highest BCUT2D eigenvalue weighted by Crippen LogP contribution is 2.56. The first-order valence-corrected chi connectivity index (χ1v) is 5.99. The fourth-order valence-corrected chi connectivity index (χ4v) is 2.47. The second-order valence-electron chi connectivity index (χ2n) is 5.06. The number of methoxy groups -OCH3 is 1. The van der Waals surface area contributed by atoms with Gasteiger partial charge < -0.3 is 14.9 Å². The zero-order valence-corrected chi connectivity index (χ0v) is 10.9. The second kappa shape index (κ2) is 4.28. The Kier molecular flexibility index (Phi) is 3.07. The third-order valence-corrected chi connectivity index (χ3v) is 3.72. The molecule has 0 aliphatic heterocycles. The van der Waals surface area contributed by atoms with E-state index in [0.717, 1.165) is 11.1 Å². The lowest BCUT2D eigenvalue weighted by molar-refractivity contribution is -0.148. The van der Waals surface area contributed by atoms with E-state index in [-0.39, 0.29) is 0 Å². The van der Waals surface area contributed by atoms with Crippen LogP contribution in [0.5, 0.6) is 5.75 Å². The average molecular weight is 250 g/mol. The van der Waals surface area contributed by atoms with Crippen molar-refractivity contribution in [2.75, 3.05) is 7.11 Å². The number of ether oxygens (including phenoxy) is 1. The molecule has 1 unspecified atom stereocenters. The summed E-state index contributed by atoms with van der Waals surface area (Å²) in [6.45, 7) is 3.81. The summed E-state index contributed by atoms with van der Waals surface area (Å²) < 4.78 is 5.28. The predicted molar refractivity (Wildman–Crippen MR) is 66.7 cm³/mol. The van der Waals surface area contributed by atoms with Gasteiger partial charge in [-0.2, -0.15) is 0 Å². The quantitative estimate of drug-likeness (QED) is 0.859. The Bertz CT molecular complexity index is 489. The average Bonchev–Trinajstić information content (AvgIpc) is 3.08. The van der Waals surface area contributed by atoms with Gasteiger partial charge in [0.15, 0.2) is 0 Å². The molecule has 4 nitrogen and oxygen atoms in total. The molecule has 1 aliphatic rings. The number of aliphatic hydroxyl groups excluding tert-OH is 1. The number of benzene rings is 1. The maximum absolute atomic E-state index is 11.3. The molecule has 0 saturated heterocycles. The molecule has 1 aliphatic carbocycles. The van der Waals surface area contributed by atoms with Crippen LogP contribution < -0.4 is 4.74 Å². The van der Waals surface area contributed by atoms with Crippen LogP contribution in [0.3, 0.4) is 0 Å². The van der Waals surface area contributed by atoms with Crippen LogP contribution in [0.15, 0.2) is 12.1 Å². The van der Waals surface area contributed by atoms with Crippen LogP contribution in [-0.2, 0) is 4.79 Å². The third kappa shape index (κ3) is 1.86. The summed E-state index contributed by atoms with van der Waals surface area (Å²) in [5.74, 6) is -0.371. The van der Waals surface area contributed by atoms with Crippen LogP contribution in [0, 0.1) is 19.3 Å². The van der Waals surface area contributed by atoms with Crippen molar-refractivity contribution < 1.29 is 19.7 Å². The minimum Gasteiger partial charge on any atom is -0.496 e. The van der Waals surface area contributed by atoms with E-state index in [1.165, 1.54) is 7.11 Å². The normalized spacial score (nSPS) is 18.2. The molecule has 0 bridgehead atoms. The zero-order chi connectivity index (χ0) is 13.5. The Morgan fingerprint density at radius 3 is 2.44 bits per heavy atom. The lowest BCUT2D eigenvalue weighted by Gasteiger charge is -2.23. The molecule has 4 heteroatoms. The first-order chi connectivity index (χ1) is 8.42. The van der Waals surface area contributed by atoms with Gasteiger partial charge in [-0.05, 0) is 43.9 Å². The zero-order valence-electron chi connectivity index (χ0n) is 10.9. The summed E-state index contributed by atoms with van der Waals surface area (Å²) in [7, 11) is 1.53. The molecule has 0 spiro atoms. The molecule has 1 atom stereocenters. The van der Waals surface area contributed by atoms with Gasteiger partial charge in [0.1, 0.15) is 5.75 Å². The van der Waals surface area contributed by atoms with Crippen molar-refractivity contribution in [2.45, 2.75) is 32.8 Å². The Morgan fingerprint density at radius 1 is 1.39 bits per heavy atom. The second-order valence-corrected chi connectivity index (χ2v) is 5.06. The van der Waals surface area contributed by atoms with Gasteiger partial charge >= 0.3 is 5.97 Å². The fourth-order valence-electron chi connectivity index (χ4n) is 2.47. The smallest absolute Gasteiger partial charge is 0.312 e. The van der Waals surface area contributed by atoms with Crippen molar-refractivity contribution in [3.05, 3.63) is 28.8 Å². The van der Waals surface area contributed by atoms with E-state index in [0.29, 0.717) is 24.2 Å².